The van der Waals surface area contributed by atoms with Gasteiger partial charge in [-0.05, 0) is 74.6 Å². The van der Waals surface area contributed by atoms with Crippen LogP contribution in [0.1, 0.15) is 54.5 Å². The van der Waals surface area contributed by atoms with Crippen molar-refractivity contribution in [1.29, 1.82) is 0 Å². The molecule has 1 atom stereocenters. The molecule has 31 heavy (non-hydrogen) atoms. The van der Waals surface area contributed by atoms with Crippen LogP contribution >= 0.6 is 0 Å². The first-order valence-electron chi connectivity index (χ1n) is 10.2. The average Bonchev–Trinajstić information content (AvgIpc) is 2.70. The van der Waals surface area contributed by atoms with Gasteiger partial charge in [-0.1, -0.05) is 48.4 Å². The first kappa shape index (κ1) is 24.5. The minimum Gasteiger partial charge on any atom is -0.496 e. The van der Waals surface area contributed by atoms with Crippen molar-refractivity contribution in [3.05, 3.63) is 87.7 Å². The highest BCUT2D eigenvalue weighted by Crippen LogP contribution is 2.48. The summed E-state index contributed by atoms with van der Waals surface area (Å²) in [5.41, 5.74) is 2.38. The Balaban J connectivity index is 2.59. The van der Waals surface area contributed by atoms with Gasteiger partial charge in [-0.3, -0.25) is 0 Å². The summed E-state index contributed by atoms with van der Waals surface area (Å²) in [5, 5.41) is 11.0. The molecule has 2 rings (SSSR count). The number of benzene rings is 2. The molecular weight excluding hydrogens is 401 g/mol. The third kappa shape index (κ3) is 5.49. The summed E-state index contributed by atoms with van der Waals surface area (Å²) in [6, 6.07) is 8.64. The van der Waals surface area contributed by atoms with Gasteiger partial charge in [0.1, 0.15) is 5.75 Å². The number of hydrogen-bond acceptors (Lipinski definition) is 2. The van der Waals surface area contributed by atoms with Crippen molar-refractivity contribution in [2.75, 3.05) is 7.11 Å². The lowest BCUT2D eigenvalue weighted by Gasteiger charge is -2.33. The quantitative estimate of drug-likeness (QED) is 0.378. The van der Waals surface area contributed by atoms with Crippen LogP contribution in [0.15, 0.2) is 59.9 Å². The summed E-state index contributed by atoms with van der Waals surface area (Å²) in [6.07, 6.45) is 2.48. The van der Waals surface area contributed by atoms with Crippen molar-refractivity contribution in [1.82, 2.24) is 0 Å². The highest BCUT2D eigenvalue weighted by molar-refractivity contribution is 5.60. The third-order valence-electron chi connectivity index (χ3n) is 5.16. The van der Waals surface area contributed by atoms with E-state index in [4.69, 9.17) is 4.74 Å². The lowest BCUT2D eigenvalue weighted by molar-refractivity contribution is -0.248. The minimum atomic E-state index is -4.94. The van der Waals surface area contributed by atoms with E-state index in [0.29, 0.717) is 16.7 Å². The average molecular weight is 431 g/mol. The van der Waals surface area contributed by atoms with E-state index in [1.807, 2.05) is 13.0 Å². The Morgan fingerprint density at radius 1 is 1.16 bits per heavy atom. The van der Waals surface area contributed by atoms with E-state index in [9.17, 15) is 18.3 Å². The highest BCUT2D eigenvalue weighted by Gasteiger charge is 2.57. The first-order valence-corrected chi connectivity index (χ1v) is 10.2. The molecular formula is C26H29F3O2. The molecule has 0 radical (unpaired) electrons. The number of alkyl halides is 3. The van der Waals surface area contributed by atoms with Crippen LogP contribution in [-0.2, 0) is 5.60 Å². The fraction of sp³-hybridized carbons (Fsp3) is 0.346. The summed E-state index contributed by atoms with van der Waals surface area (Å²) in [6.45, 7) is 7.49. The van der Waals surface area contributed by atoms with E-state index < -0.39 is 11.8 Å². The van der Waals surface area contributed by atoms with Crippen LogP contribution in [0.4, 0.5) is 13.2 Å². The molecule has 2 nitrogen and oxygen atoms in total. The van der Waals surface area contributed by atoms with Crippen molar-refractivity contribution in [2.45, 2.75) is 52.3 Å². The van der Waals surface area contributed by atoms with Crippen molar-refractivity contribution >= 4 is 6.08 Å². The standard InChI is InChI=1S/C26H29F3O2/c1-6-10-18(2)11-7-8-13-21-17-24(31-5)23(16-20(21)4)25(30,26(27,28)29)22-14-9-12-19(3)15-22/h7,9-10,12-17,30H,6,11H2,1-5H3/b18-10+. The van der Waals surface area contributed by atoms with Crippen LogP contribution in [0, 0.1) is 13.8 Å². The zero-order valence-corrected chi connectivity index (χ0v) is 18.6. The van der Waals surface area contributed by atoms with Crippen LogP contribution in [0.3, 0.4) is 0 Å². The van der Waals surface area contributed by atoms with Gasteiger partial charge >= 0.3 is 6.18 Å². The van der Waals surface area contributed by atoms with E-state index in [0.717, 1.165) is 12.8 Å². The Morgan fingerprint density at radius 2 is 1.87 bits per heavy atom. The topological polar surface area (TPSA) is 29.5 Å². The van der Waals surface area contributed by atoms with Gasteiger partial charge in [0.15, 0.2) is 0 Å². The molecule has 0 amide bonds. The second-order valence-corrected chi connectivity index (χ2v) is 7.66. The number of aliphatic hydroxyl groups is 1. The summed E-state index contributed by atoms with van der Waals surface area (Å²) < 4.78 is 47.9. The van der Waals surface area contributed by atoms with Gasteiger partial charge in [0.25, 0.3) is 0 Å². The number of ether oxygens (including phenoxy) is 1. The molecule has 0 aliphatic carbocycles. The lowest BCUT2D eigenvalue weighted by Crippen LogP contribution is -2.43. The maximum absolute atomic E-state index is 14.2. The molecule has 5 heteroatoms. The number of rotatable bonds is 7. The van der Waals surface area contributed by atoms with E-state index in [1.165, 1.54) is 43.0 Å². The summed E-state index contributed by atoms with van der Waals surface area (Å²) in [4.78, 5) is 0. The summed E-state index contributed by atoms with van der Waals surface area (Å²) in [7, 11) is 1.30. The second kappa shape index (κ2) is 10.0. The molecule has 166 valence electrons. The molecule has 0 fully saturated rings. The number of allylic oxidation sites excluding steroid dienone is 3. The van der Waals surface area contributed by atoms with E-state index in [1.54, 1.807) is 26.0 Å². The molecule has 0 aromatic heterocycles. The molecule has 2 aromatic carbocycles. The molecule has 0 saturated heterocycles. The van der Waals surface area contributed by atoms with Gasteiger partial charge in [0, 0.05) is 5.56 Å². The van der Waals surface area contributed by atoms with Crippen LogP contribution < -0.4 is 4.74 Å². The molecule has 0 aliphatic heterocycles. The second-order valence-electron chi connectivity index (χ2n) is 7.66. The number of aryl methyl sites for hydroxylation is 2. The van der Waals surface area contributed by atoms with Gasteiger partial charge in [0.2, 0.25) is 5.60 Å². The van der Waals surface area contributed by atoms with Crippen LogP contribution in [0.2, 0.25) is 0 Å². The zero-order chi connectivity index (χ0) is 23.2. The normalized spacial score (nSPS) is 13.9. The predicted octanol–water partition coefficient (Wildman–Crippen LogP) is 7.02. The molecule has 0 heterocycles. The lowest BCUT2D eigenvalue weighted by atomic mass is 9.83. The fourth-order valence-corrected chi connectivity index (χ4v) is 3.45. The predicted molar refractivity (Wildman–Crippen MR) is 119 cm³/mol. The Labute approximate surface area is 182 Å². The first-order chi connectivity index (χ1) is 14.5. The van der Waals surface area contributed by atoms with Gasteiger partial charge in [-0.15, -0.1) is 5.73 Å². The van der Waals surface area contributed by atoms with Gasteiger partial charge in [-0.25, -0.2) is 0 Å². The van der Waals surface area contributed by atoms with Crippen molar-refractivity contribution in [3.8, 4) is 5.75 Å². The maximum atomic E-state index is 14.2. The minimum absolute atomic E-state index is 0.0398. The Bertz CT molecular complexity index is 1010. The third-order valence-corrected chi connectivity index (χ3v) is 5.16. The zero-order valence-electron chi connectivity index (χ0n) is 18.6. The van der Waals surface area contributed by atoms with E-state index in [-0.39, 0.29) is 16.9 Å². The number of halogens is 3. The SMILES string of the molecule is CC/C=C(\C)CC=C=Cc1cc(OC)c(C(O)(c2cccc(C)c2)C(F)(F)F)cc1C. The van der Waals surface area contributed by atoms with Crippen LogP contribution in [-0.4, -0.2) is 18.4 Å². The van der Waals surface area contributed by atoms with Crippen molar-refractivity contribution < 1.29 is 23.0 Å². The maximum Gasteiger partial charge on any atom is 0.425 e. The fourth-order valence-electron chi connectivity index (χ4n) is 3.45. The van der Waals surface area contributed by atoms with Crippen molar-refractivity contribution in [3.63, 3.8) is 0 Å². The van der Waals surface area contributed by atoms with Crippen molar-refractivity contribution in [2.24, 2.45) is 0 Å². The monoisotopic (exact) mass is 430 g/mol. The Kier molecular flexibility index (Phi) is 7.94. The summed E-state index contributed by atoms with van der Waals surface area (Å²) in [5.74, 6) is -0.0398. The summed E-state index contributed by atoms with van der Waals surface area (Å²) >= 11 is 0. The Hall–Kier alpha value is -2.75. The Morgan fingerprint density at radius 3 is 2.45 bits per heavy atom. The molecule has 0 aliphatic rings. The van der Waals surface area contributed by atoms with Gasteiger partial charge in [0.05, 0.1) is 7.11 Å². The van der Waals surface area contributed by atoms with E-state index in [2.05, 4.69) is 18.7 Å². The molecule has 0 spiro atoms. The van der Waals surface area contributed by atoms with Crippen LogP contribution in [0.5, 0.6) is 5.75 Å². The van der Waals surface area contributed by atoms with Gasteiger partial charge in [-0.2, -0.15) is 13.2 Å². The molecule has 2 aromatic rings. The largest absolute Gasteiger partial charge is 0.496 e. The number of methoxy groups -OCH3 is 1. The molecule has 0 bridgehead atoms. The van der Waals surface area contributed by atoms with Gasteiger partial charge < -0.3 is 9.84 Å². The highest BCUT2D eigenvalue weighted by atomic mass is 19.4. The molecule has 1 N–H and O–H groups in total. The number of hydrogen-bond donors (Lipinski definition) is 1. The van der Waals surface area contributed by atoms with Crippen LogP contribution in [0.25, 0.3) is 6.08 Å². The molecule has 1 unspecified atom stereocenters. The smallest absolute Gasteiger partial charge is 0.425 e. The van der Waals surface area contributed by atoms with E-state index >= 15 is 0 Å². The molecule has 0 saturated carbocycles.